The highest BCUT2D eigenvalue weighted by Crippen LogP contribution is 2.55. The summed E-state index contributed by atoms with van der Waals surface area (Å²) in [5.74, 6) is -0.957. The van der Waals surface area contributed by atoms with Gasteiger partial charge >= 0.3 is 0 Å². The summed E-state index contributed by atoms with van der Waals surface area (Å²) in [4.78, 5) is 0.174. The molecule has 1 aliphatic carbocycles. The summed E-state index contributed by atoms with van der Waals surface area (Å²) < 4.78 is 38.6. The van der Waals surface area contributed by atoms with Crippen molar-refractivity contribution < 1.29 is 17.9 Å². The highest BCUT2D eigenvalue weighted by atomic mass is 32.2. The number of sulfone groups is 1. The molecule has 0 amide bonds. The molecule has 22 heavy (non-hydrogen) atoms. The van der Waals surface area contributed by atoms with E-state index in [1.807, 2.05) is 0 Å². The zero-order valence-corrected chi connectivity index (χ0v) is 12.5. The summed E-state index contributed by atoms with van der Waals surface area (Å²) in [6.07, 6.45) is 0. The third kappa shape index (κ3) is 2.24. The van der Waals surface area contributed by atoms with E-state index < -0.39 is 39.0 Å². The molecule has 4 nitrogen and oxygen atoms in total. The van der Waals surface area contributed by atoms with Crippen LogP contribution in [0.15, 0.2) is 59.5 Å². The molecule has 0 spiro atoms. The van der Waals surface area contributed by atoms with Crippen molar-refractivity contribution in [2.45, 2.75) is 21.6 Å². The topological polar surface area (TPSA) is 80.4 Å². The van der Waals surface area contributed by atoms with Crippen LogP contribution < -0.4 is 5.73 Å². The molecule has 1 fully saturated rings. The quantitative estimate of drug-likeness (QED) is 0.893. The maximum atomic E-state index is 13.0. The molecule has 116 valence electrons. The average molecular weight is 321 g/mol. The molecule has 1 saturated carbocycles. The van der Waals surface area contributed by atoms with Gasteiger partial charge in [-0.05, 0) is 29.8 Å². The molecule has 0 saturated heterocycles. The van der Waals surface area contributed by atoms with Crippen LogP contribution in [0.3, 0.4) is 0 Å². The van der Waals surface area contributed by atoms with Crippen molar-refractivity contribution >= 4 is 9.84 Å². The summed E-state index contributed by atoms with van der Waals surface area (Å²) in [7, 11) is -3.67. The van der Waals surface area contributed by atoms with Crippen LogP contribution in [0, 0.1) is 5.82 Å². The maximum absolute atomic E-state index is 13.0. The van der Waals surface area contributed by atoms with Gasteiger partial charge in [0.05, 0.1) is 22.3 Å². The second kappa shape index (κ2) is 5.15. The second-order valence-electron chi connectivity index (χ2n) is 5.58. The van der Waals surface area contributed by atoms with E-state index in [2.05, 4.69) is 0 Å². The van der Waals surface area contributed by atoms with Crippen molar-refractivity contribution in [3.8, 4) is 0 Å². The molecule has 2 aromatic rings. The Morgan fingerprint density at radius 1 is 1.09 bits per heavy atom. The number of nitrogens with two attached hydrogens (primary N) is 1. The van der Waals surface area contributed by atoms with Crippen LogP contribution in [0.5, 0.6) is 0 Å². The van der Waals surface area contributed by atoms with E-state index >= 15 is 0 Å². The van der Waals surface area contributed by atoms with Crippen molar-refractivity contribution in [3.05, 3.63) is 66.0 Å². The van der Waals surface area contributed by atoms with Crippen LogP contribution in [0.4, 0.5) is 4.39 Å². The Labute approximate surface area is 128 Å². The minimum atomic E-state index is -3.67. The van der Waals surface area contributed by atoms with E-state index in [0.717, 1.165) is 0 Å². The standard InChI is InChI=1S/C16H16FNO3S/c17-12-8-6-11(7-9-12)14-15(16(14,18)10-19)22(20,21)13-4-2-1-3-5-13/h1-9,14-15,19H,10,18H2/t14-,15-,16+/m0/s1. The second-order valence-corrected chi connectivity index (χ2v) is 7.65. The summed E-state index contributed by atoms with van der Waals surface area (Å²) in [6, 6.07) is 13.6. The number of halogens is 1. The Kier molecular flexibility index (Phi) is 3.55. The van der Waals surface area contributed by atoms with E-state index in [4.69, 9.17) is 5.73 Å². The van der Waals surface area contributed by atoms with Gasteiger partial charge in [0.2, 0.25) is 0 Å². The van der Waals surface area contributed by atoms with Gasteiger partial charge < -0.3 is 10.8 Å². The number of hydrogen-bond donors (Lipinski definition) is 2. The van der Waals surface area contributed by atoms with Gasteiger partial charge in [-0.1, -0.05) is 30.3 Å². The van der Waals surface area contributed by atoms with Gasteiger partial charge in [-0.25, -0.2) is 12.8 Å². The lowest BCUT2D eigenvalue weighted by Crippen LogP contribution is -2.35. The molecule has 0 radical (unpaired) electrons. The minimum Gasteiger partial charge on any atom is -0.394 e. The van der Waals surface area contributed by atoms with E-state index in [-0.39, 0.29) is 4.90 Å². The molecule has 0 aliphatic heterocycles. The van der Waals surface area contributed by atoms with E-state index in [0.29, 0.717) is 5.56 Å². The monoisotopic (exact) mass is 321 g/mol. The van der Waals surface area contributed by atoms with E-state index in [1.54, 1.807) is 18.2 Å². The van der Waals surface area contributed by atoms with Crippen molar-refractivity contribution in [1.29, 1.82) is 0 Å². The molecular weight excluding hydrogens is 305 g/mol. The summed E-state index contributed by atoms with van der Waals surface area (Å²) >= 11 is 0. The predicted octanol–water partition coefficient (Wildman–Crippen LogP) is 1.46. The van der Waals surface area contributed by atoms with E-state index in [1.165, 1.54) is 36.4 Å². The van der Waals surface area contributed by atoms with Gasteiger partial charge in [-0.15, -0.1) is 0 Å². The summed E-state index contributed by atoms with van der Waals surface area (Å²) in [5.41, 5.74) is 5.47. The average Bonchev–Trinajstić information content (AvgIpc) is 3.17. The van der Waals surface area contributed by atoms with Gasteiger partial charge in [0.15, 0.2) is 9.84 Å². The van der Waals surface area contributed by atoms with Crippen LogP contribution in [-0.4, -0.2) is 30.9 Å². The van der Waals surface area contributed by atoms with Gasteiger partial charge in [-0.3, -0.25) is 0 Å². The van der Waals surface area contributed by atoms with Crippen LogP contribution in [0.2, 0.25) is 0 Å². The Morgan fingerprint density at radius 3 is 2.23 bits per heavy atom. The van der Waals surface area contributed by atoms with Gasteiger partial charge in [-0.2, -0.15) is 0 Å². The van der Waals surface area contributed by atoms with Crippen LogP contribution >= 0.6 is 0 Å². The number of benzene rings is 2. The molecule has 0 unspecified atom stereocenters. The fourth-order valence-corrected chi connectivity index (χ4v) is 5.31. The zero-order chi connectivity index (χ0) is 16.0. The highest BCUT2D eigenvalue weighted by Gasteiger charge is 2.69. The van der Waals surface area contributed by atoms with Gasteiger partial charge in [0.25, 0.3) is 0 Å². The first-order valence-electron chi connectivity index (χ1n) is 6.85. The van der Waals surface area contributed by atoms with E-state index in [9.17, 15) is 17.9 Å². The lowest BCUT2D eigenvalue weighted by molar-refractivity contribution is 0.253. The fraction of sp³-hybridized carbons (Fsp3) is 0.250. The minimum absolute atomic E-state index is 0.174. The zero-order valence-electron chi connectivity index (χ0n) is 11.7. The van der Waals surface area contributed by atoms with Crippen molar-refractivity contribution in [3.63, 3.8) is 0 Å². The first-order valence-corrected chi connectivity index (χ1v) is 8.40. The Balaban J connectivity index is 2.02. The number of aliphatic hydroxyl groups excluding tert-OH is 1. The number of rotatable bonds is 4. The Morgan fingerprint density at radius 2 is 1.68 bits per heavy atom. The predicted molar refractivity (Wildman–Crippen MR) is 80.6 cm³/mol. The van der Waals surface area contributed by atoms with Gasteiger partial charge in [0.1, 0.15) is 5.82 Å². The largest absolute Gasteiger partial charge is 0.394 e. The van der Waals surface area contributed by atoms with Crippen molar-refractivity contribution in [1.82, 2.24) is 0 Å². The molecule has 3 atom stereocenters. The molecule has 3 rings (SSSR count). The summed E-state index contributed by atoms with van der Waals surface area (Å²) in [6.45, 7) is -0.453. The third-order valence-corrected chi connectivity index (χ3v) is 6.52. The van der Waals surface area contributed by atoms with Crippen molar-refractivity contribution in [2.75, 3.05) is 6.61 Å². The molecule has 1 aliphatic rings. The molecular formula is C16H16FNO3S. The molecule has 2 aromatic carbocycles. The Bertz CT molecular complexity index is 777. The first kappa shape index (κ1) is 15.1. The van der Waals surface area contributed by atoms with Gasteiger partial charge in [0, 0.05) is 5.92 Å². The van der Waals surface area contributed by atoms with Crippen LogP contribution in [-0.2, 0) is 9.84 Å². The lowest BCUT2D eigenvalue weighted by Gasteiger charge is -2.08. The van der Waals surface area contributed by atoms with Crippen LogP contribution in [0.1, 0.15) is 11.5 Å². The normalized spacial score (nSPS) is 27.6. The SMILES string of the molecule is N[C@]1(CO)[C@@H](c2ccc(F)cc2)[C@@H]1S(=O)(=O)c1ccccc1. The van der Waals surface area contributed by atoms with Crippen LogP contribution in [0.25, 0.3) is 0 Å². The lowest BCUT2D eigenvalue weighted by atomic mass is 10.1. The smallest absolute Gasteiger partial charge is 0.183 e. The Hall–Kier alpha value is -1.76. The summed E-state index contributed by atoms with van der Waals surface area (Å²) in [5, 5.41) is 8.65. The number of hydrogen-bond acceptors (Lipinski definition) is 4. The molecule has 0 aromatic heterocycles. The first-order chi connectivity index (χ1) is 10.4. The molecule has 0 bridgehead atoms. The molecule has 3 N–H and O–H groups in total. The highest BCUT2D eigenvalue weighted by molar-refractivity contribution is 7.92. The molecule has 0 heterocycles. The fourth-order valence-electron chi connectivity index (χ4n) is 2.99. The number of aliphatic hydroxyl groups is 1. The maximum Gasteiger partial charge on any atom is 0.183 e. The molecule has 6 heteroatoms. The third-order valence-electron chi connectivity index (χ3n) is 4.21. The van der Waals surface area contributed by atoms with Crippen molar-refractivity contribution in [2.24, 2.45) is 5.73 Å².